The van der Waals surface area contributed by atoms with Gasteiger partial charge >= 0.3 is 0 Å². The third-order valence-electron chi connectivity index (χ3n) is 3.65. The van der Waals surface area contributed by atoms with Gasteiger partial charge in [0.1, 0.15) is 0 Å². The van der Waals surface area contributed by atoms with E-state index in [4.69, 9.17) is 5.73 Å². The Morgan fingerprint density at radius 1 is 1.12 bits per heavy atom. The molecule has 3 heteroatoms. The maximum atomic E-state index is 5.84. The molecule has 2 rings (SSSR count). The molecule has 1 aliphatic heterocycles. The van der Waals surface area contributed by atoms with Crippen molar-refractivity contribution in [1.29, 1.82) is 0 Å². The molecule has 0 atom stereocenters. The van der Waals surface area contributed by atoms with Crippen LogP contribution in [0.25, 0.3) is 0 Å². The summed E-state index contributed by atoms with van der Waals surface area (Å²) in [5.41, 5.74) is 9.30. The number of anilines is 1. The SMILES string of the molecule is CCN1CCN(Cc2ccc(N)c(C)c2)CC1. The summed E-state index contributed by atoms with van der Waals surface area (Å²) in [6.07, 6.45) is 0. The van der Waals surface area contributed by atoms with Crippen LogP contribution in [-0.4, -0.2) is 42.5 Å². The highest BCUT2D eigenvalue weighted by atomic mass is 15.3. The molecule has 1 saturated heterocycles. The van der Waals surface area contributed by atoms with Gasteiger partial charge in [0.05, 0.1) is 0 Å². The van der Waals surface area contributed by atoms with Gasteiger partial charge < -0.3 is 10.6 Å². The molecule has 94 valence electrons. The topological polar surface area (TPSA) is 32.5 Å². The average Bonchev–Trinajstić information content (AvgIpc) is 2.35. The first-order chi connectivity index (χ1) is 8.19. The maximum absolute atomic E-state index is 5.84. The normalized spacial score (nSPS) is 18.5. The quantitative estimate of drug-likeness (QED) is 0.807. The van der Waals surface area contributed by atoms with Crippen LogP contribution < -0.4 is 5.73 Å². The van der Waals surface area contributed by atoms with Gasteiger partial charge in [0.25, 0.3) is 0 Å². The Hall–Kier alpha value is -1.06. The number of nitrogens with two attached hydrogens (primary N) is 1. The zero-order valence-electron chi connectivity index (χ0n) is 10.9. The number of hydrogen-bond acceptors (Lipinski definition) is 3. The molecule has 0 bridgehead atoms. The van der Waals surface area contributed by atoms with Crippen molar-refractivity contribution in [2.75, 3.05) is 38.5 Å². The van der Waals surface area contributed by atoms with Crippen LogP contribution in [0.1, 0.15) is 18.1 Å². The minimum Gasteiger partial charge on any atom is -0.399 e. The highest BCUT2D eigenvalue weighted by molar-refractivity contribution is 5.47. The van der Waals surface area contributed by atoms with Gasteiger partial charge in [-0.25, -0.2) is 0 Å². The van der Waals surface area contributed by atoms with E-state index in [0.29, 0.717) is 0 Å². The van der Waals surface area contributed by atoms with Crippen molar-refractivity contribution in [1.82, 2.24) is 9.80 Å². The average molecular weight is 233 g/mol. The van der Waals surface area contributed by atoms with Crippen LogP contribution in [0.15, 0.2) is 18.2 Å². The summed E-state index contributed by atoms with van der Waals surface area (Å²) in [7, 11) is 0. The van der Waals surface area contributed by atoms with E-state index in [-0.39, 0.29) is 0 Å². The fraction of sp³-hybridized carbons (Fsp3) is 0.571. The summed E-state index contributed by atoms with van der Waals surface area (Å²) in [6.45, 7) is 11.3. The van der Waals surface area contributed by atoms with Crippen LogP contribution in [0.4, 0.5) is 5.69 Å². The van der Waals surface area contributed by atoms with E-state index >= 15 is 0 Å². The van der Waals surface area contributed by atoms with Gasteiger partial charge in [-0.15, -0.1) is 0 Å². The molecule has 3 nitrogen and oxygen atoms in total. The summed E-state index contributed by atoms with van der Waals surface area (Å²) in [5, 5.41) is 0. The smallest absolute Gasteiger partial charge is 0.0343 e. The van der Waals surface area contributed by atoms with Crippen molar-refractivity contribution in [3.8, 4) is 0 Å². The number of likely N-dealkylation sites (N-methyl/N-ethyl adjacent to an activating group) is 1. The predicted octanol–water partition coefficient (Wildman–Crippen LogP) is 1.71. The van der Waals surface area contributed by atoms with Crippen LogP contribution in [0.5, 0.6) is 0 Å². The second-order valence-electron chi connectivity index (χ2n) is 4.90. The Balaban J connectivity index is 1.91. The third kappa shape index (κ3) is 3.20. The summed E-state index contributed by atoms with van der Waals surface area (Å²) >= 11 is 0. The van der Waals surface area contributed by atoms with Crippen LogP contribution in [0.3, 0.4) is 0 Å². The monoisotopic (exact) mass is 233 g/mol. The van der Waals surface area contributed by atoms with Gasteiger partial charge in [0.2, 0.25) is 0 Å². The minimum atomic E-state index is 0.893. The van der Waals surface area contributed by atoms with Crippen molar-refractivity contribution in [2.24, 2.45) is 0 Å². The molecule has 2 N–H and O–H groups in total. The second-order valence-corrected chi connectivity index (χ2v) is 4.90. The summed E-state index contributed by atoms with van der Waals surface area (Å²) < 4.78 is 0. The van der Waals surface area contributed by atoms with Crippen LogP contribution in [0.2, 0.25) is 0 Å². The molecule has 0 amide bonds. The summed E-state index contributed by atoms with van der Waals surface area (Å²) in [5.74, 6) is 0. The summed E-state index contributed by atoms with van der Waals surface area (Å²) in [6, 6.07) is 6.38. The predicted molar refractivity (Wildman–Crippen MR) is 73.0 cm³/mol. The van der Waals surface area contributed by atoms with Crippen molar-refractivity contribution in [3.63, 3.8) is 0 Å². The number of nitrogen functional groups attached to an aromatic ring is 1. The molecular weight excluding hydrogens is 210 g/mol. The highest BCUT2D eigenvalue weighted by Gasteiger charge is 2.15. The lowest BCUT2D eigenvalue weighted by molar-refractivity contribution is 0.132. The number of benzene rings is 1. The van der Waals surface area contributed by atoms with E-state index in [1.54, 1.807) is 0 Å². The van der Waals surface area contributed by atoms with Gasteiger partial charge in [-0.2, -0.15) is 0 Å². The van der Waals surface area contributed by atoms with Gasteiger partial charge in [-0.3, -0.25) is 4.90 Å². The van der Waals surface area contributed by atoms with Gasteiger partial charge in [0, 0.05) is 38.4 Å². The molecule has 1 aromatic carbocycles. The Kier molecular flexibility index (Phi) is 4.02. The molecule has 0 spiro atoms. The highest BCUT2D eigenvalue weighted by Crippen LogP contribution is 2.15. The number of rotatable bonds is 3. The van der Waals surface area contributed by atoms with E-state index in [0.717, 1.165) is 12.2 Å². The lowest BCUT2D eigenvalue weighted by Gasteiger charge is -2.34. The molecule has 0 saturated carbocycles. The van der Waals surface area contributed by atoms with Gasteiger partial charge in [-0.05, 0) is 30.7 Å². The maximum Gasteiger partial charge on any atom is 0.0343 e. The number of nitrogens with zero attached hydrogens (tertiary/aromatic N) is 2. The molecule has 0 radical (unpaired) electrons. The molecule has 1 aromatic rings. The van der Waals surface area contributed by atoms with Gasteiger partial charge in [-0.1, -0.05) is 19.1 Å². The molecule has 1 fully saturated rings. The first-order valence-corrected chi connectivity index (χ1v) is 6.48. The third-order valence-corrected chi connectivity index (χ3v) is 3.65. The number of hydrogen-bond donors (Lipinski definition) is 1. The Bertz CT molecular complexity index is 368. The van der Waals surface area contributed by atoms with E-state index in [1.807, 2.05) is 6.07 Å². The zero-order valence-corrected chi connectivity index (χ0v) is 10.9. The number of piperazine rings is 1. The van der Waals surface area contributed by atoms with Crippen molar-refractivity contribution in [2.45, 2.75) is 20.4 Å². The van der Waals surface area contributed by atoms with Crippen molar-refractivity contribution >= 4 is 5.69 Å². The van der Waals surface area contributed by atoms with Crippen molar-refractivity contribution < 1.29 is 0 Å². The molecule has 0 unspecified atom stereocenters. The first kappa shape index (κ1) is 12.4. The first-order valence-electron chi connectivity index (χ1n) is 6.48. The molecule has 0 aliphatic carbocycles. The van der Waals surface area contributed by atoms with Crippen LogP contribution >= 0.6 is 0 Å². The number of aryl methyl sites for hydroxylation is 1. The molecule has 0 aromatic heterocycles. The van der Waals surface area contributed by atoms with E-state index in [1.165, 1.54) is 43.9 Å². The largest absolute Gasteiger partial charge is 0.399 e. The van der Waals surface area contributed by atoms with Crippen LogP contribution in [0, 0.1) is 6.92 Å². The zero-order chi connectivity index (χ0) is 12.3. The fourth-order valence-corrected chi connectivity index (χ4v) is 2.36. The fourth-order valence-electron chi connectivity index (χ4n) is 2.36. The lowest BCUT2D eigenvalue weighted by atomic mass is 10.1. The van der Waals surface area contributed by atoms with E-state index < -0.39 is 0 Å². The molecule has 17 heavy (non-hydrogen) atoms. The van der Waals surface area contributed by atoms with Crippen LogP contribution in [-0.2, 0) is 6.54 Å². The molecular formula is C14H23N3. The Labute approximate surface area is 104 Å². The Morgan fingerprint density at radius 3 is 2.35 bits per heavy atom. The second kappa shape index (κ2) is 5.52. The summed E-state index contributed by atoms with van der Waals surface area (Å²) in [4.78, 5) is 5.03. The van der Waals surface area contributed by atoms with Crippen molar-refractivity contribution in [3.05, 3.63) is 29.3 Å². The van der Waals surface area contributed by atoms with E-state index in [2.05, 4.69) is 35.8 Å². The lowest BCUT2D eigenvalue weighted by Crippen LogP contribution is -2.45. The van der Waals surface area contributed by atoms with Gasteiger partial charge in [0.15, 0.2) is 0 Å². The molecule has 1 heterocycles. The van der Waals surface area contributed by atoms with E-state index in [9.17, 15) is 0 Å². The minimum absolute atomic E-state index is 0.893. The standard InChI is InChI=1S/C14H23N3/c1-3-16-6-8-17(9-7-16)11-13-4-5-14(15)12(2)10-13/h4-5,10H,3,6-9,11,15H2,1-2H3. The molecule has 1 aliphatic rings. The Morgan fingerprint density at radius 2 is 1.76 bits per heavy atom.